The van der Waals surface area contributed by atoms with Crippen molar-refractivity contribution in [2.75, 3.05) is 10.0 Å². The summed E-state index contributed by atoms with van der Waals surface area (Å²) in [6, 6.07) is 16.5. The van der Waals surface area contributed by atoms with Crippen LogP contribution in [-0.2, 0) is 21.2 Å². The van der Waals surface area contributed by atoms with Crippen LogP contribution in [0.4, 0.5) is 11.4 Å². The highest BCUT2D eigenvalue weighted by atomic mass is 32.2. The van der Waals surface area contributed by atoms with Crippen LogP contribution in [0.15, 0.2) is 82.5 Å². The first-order chi connectivity index (χ1) is 15.4. The Hall–Kier alpha value is -4.05. The lowest BCUT2D eigenvalue weighted by molar-refractivity contribution is -0.114. The zero-order valence-electron chi connectivity index (χ0n) is 17.0. The molecule has 2 heterocycles. The Morgan fingerprint density at radius 3 is 2.53 bits per heavy atom. The molecule has 2 N–H and O–H groups in total. The number of sulfonamides is 1. The molecular formula is C22H19N5O4S. The molecule has 2 aromatic carbocycles. The molecule has 9 nitrogen and oxygen atoms in total. The average molecular weight is 449 g/mol. The van der Waals surface area contributed by atoms with E-state index < -0.39 is 10.0 Å². The summed E-state index contributed by atoms with van der Waals surface area (Å²) in [6.07, 6.45) is 3.53. The van der Waals surface area contributed by atoms with Gasteiger partial charge in [-0.15, -0.1) is 0 Å². The molecule has 0 saturated carbocycles. The number of anilines is 2. The van der Waals surface area contributed by atoms with Crippen molar-refractivity contribution in [2.24, 2.45) is 0 Å². The smallest absolute Gasteiger partial charge is 0.261 e. The maximum absolute atomic E-state index is 12.9. The standard InChI is InChI=1S/C22H19N5O4S/c1-15(28)24-18-8-10-19(11-9-18)32(29,30)27-20-7-3-2-5-16(20)13-21-25-22(26-31-21)17-6-4-12-23-14-17/h2-12,14,27H,13H2,1H3,(H,24,28). The number of hydrogen-bond donors (Lipinski definition) is 2. The molecule has 0 radical (unpaired) electrons. The summed E-state index contributed by atoms with van der Waals surface area (Å²) < 4.78 is 33.7. The third-order valence-corrected chi connectivity index (χ3v) is 5.86. The Labute approximate surface area is 184 Å². The number of pyridine rings is 1. The molecule has 0 saturated heterocycles. The summed E-state index contributed by atoms with van der Waals surface area (Å²) in [5.74, 6) is 0.515. The highest BCUT2D eigenvalue weighted by Crippen LogP contribution is 2.24. The van der Waals surface area contributed by atoms with E-state index in [9.17, 15) is 13.2 Å². The fourth-order valence-corrected chi connectivity index (χ4v) is 4.10. The second kappa shape index (κ2) is 8.98. The zero-order valence-corrected chi connectivity index (χ0v) is 17.8. The number of benzene rings is 2. The van der Waals surface area contributed by atoms with E-state index in [0.29, 0.717) is 28.7 Å². The molecule has 0 unspecified atom stereocenters. The van der Waals surface area contributed by atoms with Gasteiger partial charge < -0.3 is 9.84 Å². The number of aromatic nitrogens is 3. The highest BCUT2D eigenvalue weighted by Gasteiger charge is 2.18. The lowest BCUT2D eigenvalue weighted by Gasteiger charge is -2.12. The summed E-state index contributed by atoms with van der Waals surface area (Å²) in [4.78, 5) is 19.6. The van der Waals surface area contributed by atoms with Gasteiger partial charge in [-0.25, -0.2) is 8.42 Å². The predicted octanol–water partition coefficient (Wildman–Crippen LogP) is 3.48. The minimum atomic E-state index is -3.85. The monoisotopic (exact) mass is 449 g/mol. The lowest BCUT2D eigenvalue weighted by Crippen LogP contribution is -2.14. The molecule has 162 valence electrons. The molecule has 0 aliphatic heterocycles. The molecule has 2 aromatic heterocycles. The van der Waals surface area contributed by atoms with E-state index in [4.69, 9.17) is 4.52 Å². The van der Waals surface area contributed by atoms with Gasteiger partial charge in [-0.1, -0.05) is 23.4 Å². The molecule has 0 spiro atoms. The SMILES string of the molecule is CC(=O)Nc1ccc(S(=O)(=O)Nc2ccccc2Cc2nc(-c3cccnc3)no2)cc1. The number of para-hydroxylation sites is 1. The number of carbonyl (C=O) groups excluding carboxylic acids is 1. The lowest BCUT2D eigenvalue weighted by atomic mass is 10.1. The van der Waals surface area contributed by atoms with Crippen LogP contribution in [0.3, 0.4) is 0 Å². The van der Waals surface area contributed by atoms with Crippen LogP contribution < -0.4 is 10.0 Å². The van der Waals surface area contributed by atoms with Gasteiger partial charge in [0.15, 0.2) is 0 Å². The molecule has 4 rings (SSSR count). The Morgan fingerprint density at radius 1 is 1.03 bits per heavy atom. The van der Waals surface area contributed by atoms with Crippen LogP contribution in [0.25, 0.3) is 11.4 Å². The van der Waals surface area contributed by atoms with Crippen molar-refractivity contribution in [3.05, 3.63) is 84.5 Å². The Kier molecular flexibility index (Phi) is 5.95. The van der Waals surface area contributed by atoms with Crippen LogP contribution in [0, 0.1) is 0 Å². The van der Waals surface area contributed by atoms with Crippen molar-refractivity contribution in [2.45, 2.75) is 18.2 Å². The van der Waals surface area contributed by atoms with Gasteiger partial charge in [-0.05, 0) is 48.0 Å². The number of amides is 1. The maximum Gasteiger partial charge on any atom is 0.261 e. The van der Waals surface area contributed by atoms with Crippen molar-refractivity contribution in [3.8, 4) is 11.4 Å². The van der Waals surface area contributed by atoms with Crippen LogP contribution in [0.2, 0.25) is 0 Å². The first-order valence-electron chi connectivity index (χ1n) is 9.62. The minimum absolute atomic E-state index is 0.0676. The van der Waals surface area contributed by atoms with E-state index in [1.165, 1.54) is 31.2 Å². The molecule has 1 amide bonds. The van der Waals surface area contributed by atoms with Crippen molar-refractivity contribution in [1.82, 2.24) is 15.1 Å². The number of nitrogens with one attached hydrogen (secondary N) is 2. The Balaban J connectivity index is 1.53. The van der Waals surface area contributed by atoms with Gasteiger partial charge in [-0.2, -0.15) is 4.98 Å². The van der Waals surface area contributed by atoms with Gasteiger partial charge in [0.2, 0.25) is 17.6 Å². The number of nitrogens with zero attached hydrogens (tertiary/aromatic N) is 3. The van der Waals surface area contributed by atoms with E-state index >= 15 is 0 Å². The highest BCUT2D eigenvalue weighted by molar-refractivity contribution is 7.92. The van der Waals surface area contributed by atoms with Crippen molar-refractivity contribution < 1.29 is 17.7 Å². The van der Waals surface area contributed by atoms with Gasteiger partial charge in [0.05, 0.1) is 17.0 Å². The van der Waals surface area contributed by atoms with Gasteiger partial charge in [0, 0.05) is 30.6 Å². The number of rotatable bonds is 7. The maximum atomic E-state index is 12.9. The number of hydrogen-bond acceptors (Lipinski definition) is 7. The second-order valence-corrected chi connectivity index (χ2v) is 8.58. The van der Waals surface area contributed by atoms with E-state index in [1.807, 2.05) is 6.07 Å². The van der Waals surface area contributed by atoms with E-state index in [2.05, 4.69) is 25.2 Å². The van der Waals surface area contributed by atoms with E-state index in [-0.39, 0.29) is 17.2 Å². The predicted molar refractivity (Wildman–Crippen MR) is 118 cm³/mol. The quantitative estimate of drug-likeness (QED) is 0.442. The van der Waals surface area contributed by atoms with Crippen molar-refractivity contribution >= 4 is 27.3 Å². The van der Waals surface area contributed by atoms with Crippen LogP contribution in [-0.4, -0.2) is 29.4 Å². The topological polar surface area (TPSA) is 127 Å². The first kappa shape index (κ1) is 21.2. The summed E-state index contributed by atoms with van der Waals surface area (Å²) in [5, 5.41) is 6.57. The van der Waals surface area contributed by atoms with Gasteiger partial charge in [-0.3, -0.25) is 14.5 Å². The summed E-state index contributed by atoms with van der Waals surface area (Å²) >= 11 is 0. The molecule has 0 bridgehead atoms. The van der Waals surface area contributed by atoms with Crippen LogP contribution in [0.1, 0.15) is 18.4 Å². The zero-order chi connectivity index (χ0) is 22.6. The average Bonchev–Trinajstić information content (AvgIpc) is 3.24. The van der Waals surface area contributed by atoms with E-state index in [0.717, 1.165) is 5.56 Å². The molecule has 0 fully saturated rings. The minimum Gasteiger partial charge on any atom is -0.339 e. The number of carbonyl (C=O) groups is 1. The molecule has 0 aliphatic rings. The van der Waals surface area contributed by atoms with Crippen molar-refractivity contribution in [1.29, 1.82) is 0 Å². The Morgan fingerprint density at radius 2 is 1.81 bits per heavy atom. The molecule has 0 atom stereocenters. The van der Waals surface area contributed by atoms with E-state index in [1.54, 1.807) is 42.7 Å². The van der Waals surface area contributed by atoms with Crippen LogP contribution >= 0.6 is 0 Å². The largest absolute Gasteiger partial charge is 0.339 e. The second-order valence-electron chi connectivity index (χ2n) is 6.90. The molecule has 4 aromatic rings. The fraction of sp³-hybridized carbons (Fsp3) is 0.0909. The van der Waals surface area contributed by atoms with Crippen LogP contribution in [0.5, 0.6) is 0 Å². The summed E-state index contributed by atoms with van der Waals surface area (Å²) in [5.41, 5.74) is 2.31. The van der Waals surface area contributed by atoms with Gasteiger partial charge in [0.25, 0.3) is 10.0 Å². The van der Waals surface area contributed by atoms with Gasteiger partial charge >= 0.3 is 0 Å². The molecule has 10 heteroatoms. The normalized spacial score (nSPS) is 11.2. The van der Waals surface area contributed by atoms with Gasteiger partial charge in [0.1, 0.15) is 0 Å². The first-order valence-corrected chi connectivity index (χ1v) is 11.1. The fourth-order valence-electron chi connectivity index (χ4n) is 3.00. The summed E-state index contributed by atoms with van der Waals surface area (Å²) in [6.45, 7) is 1.38. The van der Waals surface area contributed by atoms with Crippen molar-refractivity contribution in [3.63, 3.8) is 0 Å². The third-order valence-electron chi connectivity index (χ3n) is 4.48. The summed E-state index contributed by atoms with van der Waals surface area (Å²) in [7, 11) is -3.85. The Bertz CT molecular complexity index is 1340. The molecule has 32 heavy (non-hydrogen) atoms. The molecular weight excluding hydrogens is 430 g/mol. The third kappa shape index (κ3) is 4.98. The molecule has 0 aliphatic carbocycles.